The lowest BCUT2D eigenvalue weighted by atomic mass is 10.2. The van der Waals surface area contributed by atoms with E-state index in [2.05, 4.69) is 15.4 Å². The molecule has 0 saturated carbocycles. The minimum Gasteiger partial charge on any atom is -0.322 e. The number of aromatic amines is 1. The van der Waals surface area contributed by atoms with Crippen LogP contribution in [0.4, 0.5) is 5.69 Å². The van der Waals surface area contributed by atoms with Gasteiger partial charge in [0.05, 0.1) is 0 Å². The van der Waals surface area contributed by atoms with Gasteiger partial charge in [0.1, 0.15) is 5.56 Å². The number of fused-ring (bicyclic) bond motifs is 1. The molecule has 0 aliphatic rings. The monoisotopic (exact) mass is 268 g/mol. The second-order valence-electron chi connectivity index (χ2n) is 4.40. The zero-order valence-corrected chi connectivity index (χ0v) is 10.8. The highest BCUT2D eigenvalue weighted by molar-refractivity contribution is 6.08. The summed E-state index contributed by atoms with van der Waals surface area (Å²) in [5.41, 5.74) is 1.67. The molecule has 0 saturated heterocycles. The minimum atomic E-state index is -0.313. The van der Waals surface area contributed by atoms with E-state index in [1.807, 2.05) is 18.2 Å². The number of hydrogen-bond donors (Lipinski definition) is 2. The quantitative estimate of drug-likeness (QED) is 0.740. The molecule has 2 heterocycles. The maximum absolute atomic E-state index is 12.2. The van der Waals surface area contributed by atoms with E-state index >= 15 is 0 Å². The van der Waals surface area contributed by atoms with Crippen LogP contribution in [0.25, 0.3) is 5.65 Å². The molecule has 100 valence electrons. The molecule has 0 aliphatic heterocycles. The van der Waals surface area contributed by atoms with Gasteiger partial charge in [0.2, 0.25) is 0 Å². The zero-order valence-electron chi connectivity index (χ0n) is 10.8. The van der Waals surface area contributed by atoms with Crippen molar-refractivity contribution < 1.29 is 4.79 Å². The first-order chi connectivity index (χ1) is 9.65. The van der Waals surface area contributed by atoms with Crippen LogP contribution in [0.5, 0.6) is 0 Å². The number of aryl methyl sites for hydroxylation is 1. The van der Waals surface area contributed by atoms with Gasteiger partial charge >= 0.3 is 0 Å². The van der Waals surface area contributed by atoms with Crippen LogP contribution in [-0.4, -0.2) is 20.5 Å². The van der Waals surface area contributed by atoms with E-state index in [0.717, 1.165) is 0 Å². The van der Waals surface area contributed by atoms with Crippen LogP contribution in [0.15, 0.2) is 47.4 Å². The fourth-order valence-corrected chi connectivity index (χ4v) is 1.98. The highest BCUT2D eigenvalue weighted by Crippen LogP contribution is 2.11. The van der Waals surface area contributed by atoms with Crippen molar-refractivity contribution >= 4 is 17.2 Å². The molecule has 0 bridgehead atoms. The normalized spacial score (nSPS) is 10.7. The van der Waals surface area contributed by atoms with Gasteiger partial charge in [-0.25, -0.2) is 9.50 Å². The van der Waals surface area contributed by atoms with Crippen molar-refractivity contribution in [3.63, 3.8) is 0 Å². The number of rotatable bonds is 2. The van der Waals surface area contributed by atoms with Crippen molar-refractivity contribution in [1.82, 2.24) is 14.6 Å². The van der Waals surface area contributed by atoms with Gasteiger partial charge in [-0.15, -0.1) is 0 Å². The Hall–Kier alpha value is -2.89. The molecule has 3 rings (SSSR count). The molecule has 20 heavy (non-hydrogen) atoms. The second-order valence-corrected chi connectivity index (χ2v) is 4.40. The molecule has 6 heteroatoms. The predicted molar refractivity (Wildman–Crippen MR) is 74.9 cm³/mol. The molecule has 3 aromatic rings. The van der Waals surface area contributed by atoms with Gasteiger partial charge in [0, 0.05) is 23.6 Å². The van der Waals surface area contributed by atoms with Crippen molar-refractivity contribution in [1.29, 1.82) is 0 Å². The average molecular weight is 268 g/mol. The van der Waals surface area contributed by atoms with E-state index in [9.17, 15) is 9.59 Å². The number of nitrogens with one attached hydrogen (secondary N) is 2. The molecular formula is C14H12N4O2. The Kier molecular flexibility index (Phi) is 2.83. The number of amides is 1. The molecule has 0 aliphatic carbocycles. The van der Waals surface area contributed by atoms with Gasteiger partial charge in [0.25, 0.3) is 11.5 Å². The first-order valence-electron chi connectivity index (χ1n) is 6.09. The van der Waals surface area contributed by atoms with E-state index in [-0.39, 0.29) is 11.5 Å². The van der Waals surface area contributed by atoms with Crippen LogP contribution < -0.4 is 10.9 Å². The van der Waals surface area contributed by atoms with Gasteiger partial charge in [-0.1, -0.05) is 18.2 Å². The lowest BCUT2D eigenvalue weighted by molar-refractivity contribution is 0.102. The van der Waals surface area contributed by atoms with Crippen molar-refractivity contribution in [2.45, 2.75) is 6.92 Å². The maximum Gasteiger partial charge on any atom is 0.272 e. The topological polar surface area (TPSA) is 79.3 Å². The van der Waals surface area contributed by atoms with Crippen molar-refractivity contribution in [3.05, 3.63) is 64.2 Å². The molecule has 0 atom stereocenters. The maximum atomic E-state index is 12.2. The minimum absolute atomic E-state index is 0.244. The standard InChI is InChI=1S/C14H12N4O2/c1-9-7-12(19)18-13(16-9)11(8-15-18)14(20)17-10-5-3-2-4-6-10/h2-8,15H,1H3,(H,17,20). The molecule has 0 unspecified atom stereocenters. The Morgan fingerprint density at radius 2 is 2.05 bits per heavy atom. The molecular weight excluding hydrogens is 256 g/mol. The summed E-state index contributed by atoms with van der Waals surface area (Å²) in [6.45, 7) is 1.72. The van der Waals surface area contributed by atoms with Crippen LogP contribution in [0.2, 0.25) is 0 Å². The third-order valence-electron chi connectivity index (χ3n) is 2.90. The van der Waals surface area contributed by atoms with Gasteiger partial charge in [-0.3, -0.25) is 14.7 Å². The van der Waals surface area contributed by atoms with E-state index in [4.69, 9.17) is 0 Å². The summed E-state index contributed by atoms with van der Waals surface area (Å²) in [7, 11) is 0. The van der Waals surface area contributed by atoms with Crippen LogP contribution in [-0.2, 0) is 0 Å². The van der Waals surface area contributed by atoms with E-state index in [1.165, 1.54) is 16.8 Å². The smallest absolute Gasteiger partial charge is 0.272 e. The van der Waals surface area contributed by atoms with Gasteiger partial charge < -0.3 is 5.32 Å². The Bertz CT molecular complexity index is 833. The largest absolute Gasteiger partial charge is 0.322 e. The molecule has 2 N–H and O–H groups in total. The van der Waals surface area contributed by atoms with Crippen molar-refractivity contribution in [2.75, 3.05) is 5.32 Å². The Labute approximate surface area is 114 Å². The molecule has 0 fully saturated rings. The number of aromatic nitrogens is 3. The third-order valence-corrected chi connectivity index (χ3v) is 2.90. The third kappa shape index (κ3) is 2.07. The van der Waals surface area contributed by atoms with E-state index in [1.54, 1.807) is 19.1 Å². The predicted octanol–water partition coefficient (Wildman–Crippen LogP) is 1.58. The zero-order chi connectivity index (χ0) is 14.1. The summed E-state index contributed by atoms with van der Waals surface area (Å²) in [4.78, 5) is 28.2. The second kappa shape index (κ2) is 4.65. The number of benzene rings is 1. The lowest BCUT2D eigenvalue weighted by Gasteiger charge is -2.03. The summed E-state index contributed by atoms with van der Waals surface area (Å²) in [6, 6.07) is 10.5. The summed E-state index contributed by atoms with van der Waals surface area (Å²) in [5, 5.41) is 5.49. The highest BCUT2D eigenvalue weighted by atomic mass is 16.2. The van der Waals surface area contributed by atoms with Crippen LogP contribution in [0, 0.1) is 6.92 Å². The van der Waals surface area contributed by atoms with Crippen LogP contribution >= 0.6 is 0 Å². The SMILES string of the molecule is Cc1cc(=O)n2[nH]cc(C(=O)Nc3ccccc3)c2n1. The van der Waals surface area contributed by atoms with E-state index in [0.29, 0.717) is 22.6 Å². The first-order valence-corrected chi connectivity index (χ1v) is 6.09. The first kappa shape index (κ1) is 12.2. The molecule has 0 radical (unpaired) electrons. The summed E-state index contributed by atoms with van der Waals surface area (Å²) in [5.74, 6) is -0.313. The summed E-state index contributed by atoms with van der Waals surface area (Å²) in [6.07, 6.45) is 1.47. The number of carbonyl (C=O) groups excluding carboxylic acids is 1. The number of carbonyl (C=O) groups is 1. The summed E-state index contributed by atoms with van der Waals surface area (Å²) >= 11 is 0. The number of hydrogen-bond acceptors (Lipinski definition) is 3. The summed E-state index contributed by atoms with van der Waals surface area (Å²) < 4.78 is 1.24. The van der Waals surface area contributed by atoms with Crippen LogP contribution in [0.1, 0.15) is 16.1 Å². The molecule has 6 nitrogen and oxygen atoms in total. The number of para-hydroxylation sites is 1. The van der Waals surface area contributed by atoms with Crippen molar-refractivity contribution in [2.24, 2.45) is 0 Å². The fraction of sp³-hybridized carbons (Fsp3) is 0.0714. The van der Waals surface area contributed by atoms with Gasteiger partial charge in [-0.05, 0) is 19.1 Å². The van der Waals surface area contributed by atoms with Crippen LogP contribution in [0.3, 0.4) is 0 Å². The van der Waals surface area contributed by atoms with Crippen molar-refractivity contribution in [3.8, 4) is 0 Å². The Morgan fingerprint density at radius 1 is 1.30 bits per heavy atom. The Morgan fingerprint density at radius 3 is 2.80 bits per heavy atom. The number of nitrogens with zero attached hydrogens (tertiary/aromatic N) is 2. The number of anilines is 1. The molecule has 2 aromatic heterocycles. The molecule has 0 spiro atoms. The molecule has 1 aromatic carbocycles. The number of H-pyrrole nitrogens is 1. The molecule has 1 amide bonds. The fourth-order valence-electron chi connectivity index (χ4n) is 1.98. The van der Waals surface area contributed by atoms with Gasteiger partial charge in [-0.2, -0.15) is 0 Å². The van der Waals surface area contributed by atoms with E-state index < -0.39 is 0 Å². The highest BCUT2D eigenvalue weighted by Gasteiger charge is 2.14. The average Bonchev–Trinajstić information content (AvgIpc) is 2.84. The Balaban J connectivity index is 2.02. The van der Waals surface area contributed by atoms with Gasteiger partial charge in [0.15, 0.2) is 5.65 Å². The lowest BCUT2D eigenvalue weighted by Crippen LogP contribution is -2.16.